The number of carbonyl (C=O) groups excluding carboxylic acids is 1. The molecule has 0 atom stereocenters. The van der Waals surface area contributed by atoms with Gasteiger partial charge in [-0.15, -0.1) is 11.8 Å². The van der Waals surface area contributed by atoms with Crippen LogP contribution >= 0.6 is 11.8 Å². The Hall–Kier alpha value is -2.86. The number of hydrazone groups is 1. The highest BCUT2D eigenvalue weighted by atomic mass is 32.2. The minimum absolute atomic E-state index is 0.169. The summed E-state index contributed by atoms with van der Waals surface area (Å²) in [6, 6.07) is 17.3. The van der Waals surface area contributed by atoms with E-state index in [1.807, 2.05) is 54.6 Å². The number of methoxy groups -OCH3 is 1. The molecule has 3 rings (SSSR count). The Morgan fingerprint density at radius 1 is 1.24 bits per heavy atom. The Kier molecular flexibility index (Phi) is 5.64. The zero-order valence-electron chi connectivity index (χ0n) is 13.7. The van der Waals surface area contributed by atoms with Gasteiger partial charge in [-0.25, -0.2) is 5.43 Å². The molecule has 1 N–H and O–H groups in total. The van der Waals surface area contributed by atoms with E-state index in [9.17, 15) is 4.79 Å². The van der Waals surface area contributed by atoms with Crippen molar-refractivity contribution in [3.05, 3.63) is 66.4 Å². The summed E-state index contributed by atoms with van der Waals surface area (Å²) in [7, 11) is 1.61. The minimum atomic E-state index is -0.169. The van der Waals surface area contributed by atoms with Crippen LogP contribution in [0, 0.1) is 0 Å². The fourth-order valence-electron chi connectivity index (χ4n) is 2.27. The Balaban J connectivity index is 1.56. The van der Waals surface area contributed by atoms with Crippen LogP contribution in [0.5, 0.6) is 5.75 Å². The van der Waals surface area contributed by atoms with E-state index in [1.54, 1.807) is 19.5 Å². The lowest BCUT2D eigenvalue weighted by atomic mass is 10.2. The normalized spacial score (nSPS) is 10.9. The highest BCUT2D eigenvalue weighted by Gasteiger charge is 2.06. The summed E-state index contributed by atoms with van der Waals surface area (Å²) in [5.74, 6) is 0.844. The van der Waals surface area contributed by atoms with Gasteiger partial charge >= 0.3 is 0 Å². The van der Waals surface area contributed by atoms with Crippen molar-refractivity contribution in [2.75, 3.05) is 12.9 Å². The maximum absolute atomic E-state index is 12.0. The molecule has 126 valence electrons. The first-order valence-electron chi connectivity index (χ1n) is 7.69. The molecule has 0 saturated carbocycles. The third-order valence-electron chi connectivity index (χ3n) is 3.45. The third kappa shape index (κ3) is 4.58. The molecule has 25 heavy (non-hydrogen) atoms. The van der Waals surface area contributed by atoms with E-state index in [4.69, 9.17) is 4.74 Å². The Morgan fingerprint density at radius 2 is 2.08 bits per heavy atom. The van der Waals surface area contributed by atoms with E-state index in [0.29, 0.717) is 0 Å². The summed E-state index contributed by atoms with van der Waals surface area (Å²) in [5.41, 5.74) is 4.29. The molecule has 0 aliphatic rings. The predicted octanol–water partition coefficient (Wildman–Crippen LogP) is 3.49. The van der Waals surface area contributed by atoms with Gasteiger partial charge < -0.3 is 4.74 Å². The van der Waals surface area contributed by atoms with Gasteiger partial charge in [0.15, 0.2) is 0 Å². The molecule has 1 amide bonds. The van der Waals surface area contributed by atoms with E-state index >= 15 is 0 Å². The molecule has 0 aliphatic carbocycles. The second-order valence-corrected chi connectivity index (χ2v) is 6.21. The fraction of sp³-hybridized carbons (Fsp3) is 0.105. The number of aromatic nitrogens is 1. The van der Waals surface area contributed by atoms with Gasteiger partial charge in [0.25, 0.3) is 0 Å². The molecule has 0 aliphatic heterocycles. The molecule has 0 unspecified atom stereocenters. The molecule has 0 radical (unpaired) electrons. The average Bonchev–Trinajstić information content (AvgIpc) is 2.66. The Bertz CT molecular complexity index is 907. The van der Waals surface area contributed by atoms with Crippen molar-refractivity contribution >= 4 is 34.8 Å². The molecule has 0 saturated heterocycles. The number of nitrogens with zero attached hydrogens (tertiary/aromatic N) is 2. The number of para-hydroxylation sites is 1. The number of hydrogen-bond donors (Lipinski definition) is 1. The maximum Gasteiger partial charge on any atom is 0.250 e. The largest absolute Gasteiger partial charge is 0.497 e. The van der Waals surface area contributed by atoms with Gasteiger partial charge in [0, 0.05) is 16.5 Å². The summed E-state index contributed by atoms with van der Waals surface area (Å²) in [6.45, 7) is 0. The number of ether oxygens (including phenoxy) is 1. The molecule has 0 fully saturated rings. The standard InChI is InChI=1S/C19H17N3O2S/c1-24-16-8-2-5-14(11-16)12-21-22-18(23)13-25-17-9-3-6-15-7-4-10-20-19(15)17/h2-12H,13H2,1H3,(H,22,23)/b21-12-. The predicted molar refractivity (Wildman–Crippen MR) is 101 cm³/mol. The van der Waals surface area contributed by atoms with Crippen LogP contribution in [0.2, 0.25) is 0 Å². The molecular formula is C19H17N3O2S. The second-order valence-electron chi connectivity index (χ2n) is 5.19. The van der Waals surface area contributed by atoms with Gasteiger partial charge in [-0.2, -0.15) is 5.10 Å². The smallest absolute Gasteiger partial charge is 0.250 e. The van der Waals surface area contributed by atoms with Gasteiger partial charge in [0.1, 0.15) is 5.75 Å². The summed E-state index contributed by atoms with van der Waals surface area (Å²) in [5, 5.41) is 5.04. The van der Waals surface area contributed by atoms with E-state index in [2.05, 4.69) is 15.5 Å². The number of fused-ring (bicyclic) bond motifs is 1. The van der Waals surface area contributed by atoms with Gasteiger partial charge in [0.2, 0.25) is 5.91 Å². The fourth-order valence-corrected chi connectivity index (χ4v) is 3.10. The number of carbonyl (C=O) groups is 1. The van der Waals surface area contributed by atoms with E-state index in [1.165, 1.54) is 11.8 Å². The summed E-state index contributed by atoms with van der Waals surface area (Å²) >= 11 is 1.44. The summed E-state index contributed by atoms with van der Waals surface area (Å²) < 4.78 is 5.15. The van der Waals surface area contributed by atoms with Crippen LogP contribution in [0.4, 0.5) is 0 Å². The number of pyridine rings is 1. The number of rotatable bonds is 6. The monoisotopic (exact) mass is 351 g/mol. The molecule has 6 heteroatoms. The van der Waals surface area contributed by atoms with E-state index in [0.717, 1.165) is 27.1 Å². The Morgan fingerprint density at radius 3 is 2.96 bits per heavy atom. The van der Waals surface area contributed by atoms with Gasteiger partial charge in [-0.3, -0.25) is 9.78 Å². The lowest BCUT2D eigenvalue weighted by Crippen LogP contribution is -2.19. The molecule has 0 spiro atoms. The van der Waals surface area contributed by atoms with Gasteiger partial charge in [0.05, 0.1) is 24.6 Å². The SMILES string of the molecule is COc1cccc(/C=N\NC(=O)CSc2cccc3cccnc23)c1. The zero-order valence-corrected chi connectivity index (χ0v) is 14.5. The maximum atomic E-state index is 12.0. The van der Waals surface area contributed by atoms with Crippen LogP contribution in [-0.2, 0) is 4.79 Å². The van der Waals surface area contributed by atoms with Crippen LogP contribution in [0.1, 0.15) is 5.56 Å². The summed E-state index contributed by atoms with van der Waals surface area (Å²) in [4.78, 5) is 17.3. The molecule has 3 aromatic rings. The highest BCUT2D eigenvalue weighted by molar-refractivity contribution is 8.00. The zero-order chi connectivity index (χ0) is 17.5. The van der Waals surface area contributed by atoms with Crippen molar-refractivity contribution in [3.63, 3.8) is 0 Å². The van der Waals surface area contributed by atoms with Crippen molar-refractivity contribution in [2.45, 2.75) is 4.90 Å². The minimum Gasteiger partial charge on any atom is -0.497 e. The third-order valence-corrected chi connectivity index (χ3v) is 4.50. The van der Waals surface area contributed by atoms with Crippen LogP contribution in [0.15, 0.2) is 70.8 Å². The molecule has 0 bridgehead atoms. The van der Waals surface area contributed by atoms with Crippen molar-refractivity contribution in [1.29, 1.82) is 0 Å². The first kappa shape index (κ1) is 17.0. The van der Waals surface area contributed by atoms with Crippen LogP contribution in [0.25, 0.3) is 10.9 Å². The van der Waals surface area contributed by atoms with Crippen LogP contribution < -0.4 is 10.2 Å². The van der Waals surface area contributed by atoms with E-state index < -0.39 is 0 Å². The van der Waals surface area contributed by atoms with Crippen LogP contribution in [-0.4, -0.2) is 30.0 Å². The lowest BCUT2D eigenvalue weighted by Gasteiger charge is -2.04. The second kappa shape index (κ2) is 8.30. The molecule has 5 nitrogen and oxygen atoms in total. The van der Waals surface area contributed by atoms with Crippen molar-refractivity contribution in [2.24, 2.45) is 5.10 Å². The first-order valence-corrected chi connectivity index (χ1v) is 8.67. The number of thioether (sulfide) groups is 1. The lowest BCUT2D eigenvalue weighted by molar-refractivity contribution is -0.118. The van der Waals surface area contributed by atoms with E-state index in [-0.39, 0.29) is 11.7 Å². The first-order chi connectivity index (χ1) is 12.3. The molecule has 1 aromatic heterocycles. The number of amides is 1. The molecular weight excluding hydrogens is 334 g/mol. The Labute approximate surface area is 150 Å². The van der Waals surface area contributed by atoms with Crippen molar-refractivity contribution in [1.82, 2.24) is 10.4 Å². The summed E-state index contributed by atoms with van der Waals surface area (Å²) in [6.07, 6.45) is 3.34. The van der Waals surface area contributed by atoms with Crippen molar-refractivity contribution in [3.8, 4) is 5.75 Å². The highest BCUT2D eigenvalue weighted by Crippen LogP contribution is 2.25. The quantitative estimate of drug-likeness (QED) is 0.419. The van der Waals surface area contributed by atoms with Gasteiger partial charge in [-0.05, 0) is 29.8 Å². The number of nitrogens with one attached hydrogen (secondary N) is 1. The van der Waals surface area contributed by atoms with Crippen molar-refractivity contribution < 1.29 is 9.53 Å². The molecule has 2 aromatic carbocycles. The number of hydrogen-bond acceptors (Lipinski definition) is 5. The molecule has 1 heterocycles. The average molecular weight is 351 g/mol. The van der Waals surface area contributed by atoms with Crippen LogP contribution in [0.3, 0.4) is 0 Å². The number of benzene rings is 2. The van der Waals surface area contributed by atoms with Gasteiger partial charge in [-0.1, -0.05) is 30.3 Å². The topological polar surface area (TPSA) is 63.6 Å².